The van der Waals surface area contributed by atoms with Gasteiger partial charge >= 0.3 is 5.97 Å². The van der Waals surface area contributed by atoms with Crippen molar-refractivity contribution in [1.82, 2.24) is 4.98 Å². The minimum Gasteiger partial charge on any atom is -0.478 e. The van der Waals surface area contributed by atoms with Crippen molar-refractivity contribution in [3.8, 4) is 11.3 Å². The zero-order valence-electron chi connectivity index (χ0n) is 14.5. The van der Waals surface area contributed by atoms with E-state index in [1.54, 1.807) is 0 Å². The Kier molecular flexibility index (Phi) is 4.91. The number of aromatic carboxylic acids is 1. The number of nitrogens with zero attached hydrogens (tertiary/aromatic N) is 1. The third-order valence-electron chi connectivity index (χ3n) is 4.77. The fraction of sp³-hybridized carbons (Fsp3) is 0.238. The summed E-state index contributed by atoms with van der Waals surface area (Å²) in [4.78, 5) is 16.6. The Labute approximate surface area is 155 Å². The molecule has 0 amide bonds. The summed E-state index contributed by atoms with van der Waals surface area (Å²) in [5.74, 6) is -0.424. The van der Waals surface area contributed by atoms with E-state index in [0.717, 1.165) is 22.2 Å². The van der Waals surface area contributed by atoms with E-state index >= 15 is 0 Å². The number of carbonyl (C=O) groups is 1. The molecule has 1 atom stereocenters. The van der Waals surface area contributed by atoms with Gasteiger partial charge in [0.2, 0.25) is 0 Å². The van der Waals surface area contributed by atoms with Crippen molar-refractivity contribution in [2.24, 2.45) is 0 Å². The van der Waals surface area contributed by atoms with Gasteiger partial charge in [0.25, 0.3) is 0 Å². The van der Waals surface area contributed by atoms with Gasteiger partial charge < -0.3 is 5.11 Å². The topological polar surface area (TPSA) is 50.2 Å². The first-order valence-corrected chi connectivity index (χ1v) is 9.15. The van der Waals surface area contributed by atoms with Gasteiger partial charge in [-0.1, -0.05) is 54.0 Å². The Hall–Kier alpha value is -2.20. The van der Waals surface area contributed by atoms with Crippen LogP contribution >= 0.6 is 15.9 Å². The number of hydrogen-bond acceptors (Lipinski definition) is 2. The van der Waals surface area contributed by atoms with Crippen LogP contribution in [-0.2, 0) is 0 Å². The number of carboxylic acids is 1. The minimum absolute atomic E-state index is 0.312. The predicted molar refractivity (Wildman–Crippen MR) is 105 cm³/mol. The first-order chi connectivity index (χ1) is 11.9. The van der Waals surface area contributed by atoms with Gasteiger partial charge in [0.1, 0.15) is 0 Å². The highest BCUT2D eigenvalue weighted by atomic mass is 79.9. The first-order valence-electron chi connectivity index (χ1n) is 8.35. The van der Waals surface area contributed by atoms with Crippen LogP contribution in [0, 0.1) is 6.92 Å². The highest BCUT2D eigenvalue weighted by molar-refractivity contribution is 9.10. The maximum Gasteiger partial charge on any atom is 0.336 e. The molecule has 0 saturated heterocycles. The van der Waals surface area contributed by atoms with Crippen molar-refractivity contribution in [3.05, 3.63) is 63.6 Å². The van der Waals surface area contributed by atoms with Gasteiger partial charge in [-0.25, -0.2) is 9.78 Å². The van der Waals surface area contributed by atoms with E-state index < -0.39 is 5.97 Å². The third kappa shape index (κ3) is 3.31. The molecule has 1 aromatic heterocycles. The lowest BCUT2D eigenvalue weighted by atomic mass is 9.94. The second-order valence-electron chi connectivity index (χ2n) is 6.36. The molecule has 1 unspecified atom stereocenters. The number of hydrogen-bond donors (Lipinski definition) is 1. The number of rotatable bonds is 4. The predicted octanol–water partition coefficient (Wildman–Crippen LogP) is 6.18. The van der Waals surface area contributed by atoms with Gasteiger partial charge in [-0.3, -0.25) is 0 Å². The molecule has 4 heteroatoms. The number of aromatic nitrogens is 1. The number of halogens is 1. The average Bonchev–Trinajstić information content (AvgIpc) is 2.60. The number of pyridine rings is 1. The maximum atomic E-state index is 11.9. The van der Waals surface area contributed by atoms with Crippen LogP contribution in [0.4, 0.5) is 0 Å². The highest BCUT2D eigenvalue weighted by Crippen LogP contribution is 2.32. The molecule has 0 bridgehead atoms. The summed E-state index contributed by atoms with van der Waals surface area (Å²) < 4.78 is 0.842. The van der Waals surface area contributed by atoms with Crippen molar-refractivity contribution >= 4 is 32.8 Å². The van der Waals surface area contributed by atoms with E-state index in [4.69, 9.17) is 4.98 Å². The molecule has 0 spiro atoms. The Morgan fingerprint density at radius 1 is 1.20 bits per heavy atom. The largest absolute Gasteiger partial charge is 0.478 e. The number of fused-ring (bicyclic) bond motifs is 1. The van der Waals surface area contributed by atoms with Crippen molar-refractivity contribution in [2.75, 3.05) is 0 Å². The van der Waals surface area contributed by atoms with Crippen LogP contribution in [0.25, 0.3) is 22.2 Å². The highest BCUT2D eigenvalue weighted by Gasteiger charge is 2.18. The molecule has 0 aliphatic rings. The van der Waals surface area contributed by atoms with Crippen molar-refractivity contribution in [1.29, 1.82) is 0 Å². The quantitative estimate of drug-likeness (QED) is 0.571. The van der Waals surface area contributed by atoms with E-state index in [1.165, 1.54) is 5.56 Å². The van der Waals surface area contributed by atoms with E-state index in [-0.39, 0.29) is 0 Å². The molecule has 128 valence electrons. The molecule has 1 heterocycles. The summed E-state index contributed by atoms with van der Waals surface area (Å²) in [6.07, 6.45) is 1.09. The van der Waals surface area contributed by atoms with E-state index in [1.807, 2.05) is 37.3 Å². The fourth-order valence-electron chi connectivity index (χ4n) is 3.09. The van der Waals surface area contributed by atoms with Gasteiger partial charge in [0.15, 0.2) is 0 Å². The van der Waals surface area contributed by atoms with Crippen LogP contribution in [0.2, 0.25) is 0 Å². The summed E-state index contributed by atoms with van der Waals surface area (Å²) in [5, 5.41) is 10.4. The third-order valence-corrected chi connectivity index (χ3v) is 5.26. The van der Waals surface area contributed by atoms with E-state index in [9.17, 15) is 9.90 Å². The van der Waals surface area contributed by atoms with Gasteiger partial charge in [-0.2, -0.15) is 0 Å². The molecule has 2 aromatic carbocycles. The molecule has 0 aliphatic carbocycles. The molecule has 25 heavy (non-hydrogen) atoms. The maximum absolute atomic E-state index is 11.9. The summed E-state index contributed by atoms with van der Waals surface area (Å²) in [7, 11) is 0. The van der Waals surface area contributed by atoms with Gasteiger partial charge in [-0.15, -0.1) is 0 Å². The fourth-order valence-corrected chi connectivity index (χ4v) is 3.45. The SMILES string of the molecule is CCC(C)c1ccc(-c2nc3ccc(Br)cc3c(C(=O)O)c2C)cc1. The first kappa shape index (κ1) is 17.6. The summed E-state index contributed by atoms with van der Waals surface area (Å²) in [5.41, 5.74) is 4.64. The van der Waals surface area contributed by atoms with Crippen LogP contribution in [0.1, 0.15) is 47.7 Å². The monoisotopic (exact) mass is 397 g/mol. The van der Waals surface area contributed by atoms with Gasteiger partial charge in [-0.05, 0) is 48.6 Å². The molecule has 3 nitrogen and oxygen atoms in total. The molecule has 1 N–H and O–H groups in total. The summed E-state index contributed by atoms with van der Waals surface area (Å²) >= 11 is 3.41. The van der Waals surface area contributed by atoms with Crippen molar-refractivity contribution in [2.45, 2.75) is 33.1 Å². The van der Waals surface area contributed by atoms with E-state index in [2.05, 4.69) is 41.9 Å². The summed E-state index contributed by atoms with van der Waals surface area (Å²) in [6.45, 7) is 6.20. The molecular formula is C21H20BrNO2. The number of benzene rings is 2. The normalized spacial score (nSPS) is 12.3. The summed E-state index contributed by atoms with van der Waals surface area (Å²) in [6, 6.07) is 13.8. The van der Waals surface area contributed by atoms with Crippen LogP contribution in [0.15, 0.2) is 46.9 Å². The molecule has 0 saturated carbocycles. The molecule has 0 radical (unpaired) electrons. The second kappa shape index (κ2) is 6.96. The van der Waals surface area contributed by atoms with Crippen molar-refractivity contribution in [3.63, 3.8) is 0 Å². The smallest absolute Gasteiger partial charge is 0.336 e. The zero-order valence-corrected chi connectivity index (χ0v) is 16.1. The Morgan fingerprint density at radius 2 is 1.88 bits per heavy atom. The zero-order chi connectivity index (χ0) is 18.1. The Morgan fingerprint density at radius 3 is 2.48 bits per heavy atom. The van der Waals surface area contributed by atoms with Gasteiger partial charge in [0.05, 0.1) is 16.8 Å². The van der Waals surface area contributed by atoms with Crippen LogP contribution in [0.5, 0.6) is 0 Å². The van der Waals surface area contributed by atoms with Crippen LogP contribution in [0.3, 0.4) is 0 Å². The molecule has 0 aliphatic heterocycles. The number of carboxylic acid groups (broad SMARTS) is 1. The average molecular weight is 398 g/mol. The lowest BCUT2D eigenvalue weighted by Crippen LogP contribution is -2.05. The Balaban J connectivity index is 2.21. The molecular weight excluding hydrogens is 378 g/mol. The molecule has 0 fully saturated rings. The minimum atomic E-state index is -0.930. The molecule has 3 rings (SSSR count). The van der Waals surface area contributed by atoms with Gasteiger partial charge in [0, 0.05) is 15.4 Å². The lowest BCUT2D eigenvalue weighted by Gasteiger charge is -2.14. The van der Waals surface area contributed by atoms with Crippen LogP contribution < -0.4 is 0 Å². The van der Waals surface area contributed by atoms with Crippen molar-refractivity contribution < 1.29 is 9.90 Å². The standard InChI is InChI=1S/C21H20BrNO2/c1-4-12(2)14-5-7-15(8-6-14)20-13(3)19(21(24)25)17-11-16(22)9-10-18(17)23-20/h5-12H,4H2,1-3H3,(H,24,25). The van der Waals surface area contributed by atoms with E-state index in [0.29, 0.717) is 27.9 Å². The lowest BCUT2D eigenvalue weighted by molar-refractivity contribution is 0.0698. The second-order valence-corrected chi connectivity index (χ2v) is 7.27. The Bertz CT molecular complexity index is 948. The van der Waals surface area contributed by atoms with Crippen LogP contribution in [-0.4, -0.2) is 16.1 Å². The molecule has 3 aromatic rings.